The first-order valence-corrected chi connectivity index (χ1v) is 5.60. The molecule has 0 fully saturated rings. The standard InChI is InChI=1S/C10H11N3OS/c11-10(14)13-12-8-5-6-15-9-4-2-1-3-7(8)9/h1-4H,5-6H2,(H3,11,13,14)/b12-8-. The lowest BCUT2D eigenvalue weighted by molar-refractivity contribution is 0.249. The summed E-state index contributed by atoms with van der Waals surface area (Å²) in [4.78, 5) is 11.8. The predicted octanol–water partition coefficient (Wildman–Crippen LogP) is 1.55. The third kappa shape index (κ3) is 2.30. The number of benzene rings is 1. The number of fused-ring (bicyclic) bond motifs is 1. The average Bonchev–Trinajstić information content (AvgIpc) is 2.26. The summed E-state index contributed by atoms with van der Waals surface area (Å²) in [6.07, 6.45) is 0.849. The van der Waals surface area contributed by atoms with Crippen molar-refractivity contribution in [1.29, 1.82) is 0 Å². The molecule has 2 rings (SSSR count). The number of nitrogens with one attached hydrogen (secondary N) is 1. The van der Waals surface area contributed by atoms with Crippen molar-refractivity contribution in [3.63, 3.8) is 0 Å². The number of carbonyl (C=O) groups excluding carboxylic acids is 1. The second-order valence-corrected chi connectivity index (χ2v) is 4.27. The zero-order chi connectivity index (χ0) is 10.7. The Hall–Kier alpha value is -1.49. The van der Waals surface area contributed by atoms with E-state index in [4.69, 9.17) is 5.73 Å². The van der Waals surface area contributed by atoms with Crippen molar-refractivity contribution in [1.82, 2.24) is 5.43 Å². The summed E-state index contributed by atoms with van der Waals surface area (Å²) in [6, 6.07) is 7.39. The molecule has 1 aliphatic rings. The van der Waals surface area contributed by atoms with Gasteiger partial charge >= 0.3 is 6.03 Å². The van der Waals surface area contributed by atoms with Gasteiger partial charge in [0.05, 0.1) is 5.71 Å². The van der Waals surface area contributed by atoms with E-state index >= 15 is 0 Å². The molecule has 0 radical (unpaired) electrons. The molecule has 0 bridgehead atoms. The normalized spacial score (nSPS) is 17.2. The van der Waals surface area contributed by atoms with Crippen molar-refractivity contribution in [2.45, 2.75) is 11.3 Å². The van der Waals surface area contributed by atoms with Crippen LogP contribution in [0.25, 0.3) is 0 Å². The van der Waals surface area contributed by atoms with Crippen LogP contribution in [0.1, 0.15) is 12.0 Å². The number of thioether (sulfide) groups is 1. The summed E-state index contributed by atoms with van der Waals surface area (Å²) in [5.41, 5.74) is 9.22. The van der Waals surface area contributed by atoms with Crippen LogP contribution in [0.4, 0.5) is 4.79 Å². The highest BCUT2D eigenvalue weighted by atomic mass is 32.2. The van der Waals surface area contributed by atoms with E-state index in [2.05, 4.69) is 16.6 Å². The summed E-state index contributed by atoms with van der Waals surface area (Å²) in [7, 11) is 0. The van der Waals surface area contributed by atoms with E-state index in [9.17, 15) is 4.79 Å². The molecule has 1 aliphatic heterocycles. The topological polar surface area (TPSA) is 67.5 Å². The maximum atomic E-state index is 10.6. The van der Waals surface area contributed by atoms with Crippen LogP contribution in [0, 0.1) is 0 Å². The number of primary amides is 1. The van der Waals surface area contributed by atoms with Crippen LogP contribution in [0.15, 0.2) is 34.3 Å². The number of nitrogens with two attached hydrogens (primary N) is 1. The molecule has 1 aromatic carbocycles. The van der Waals surface area contributed by atoms with Crippen molar-refractivity contribution < 1.29 is 4.79 Å². The molecule has 0 unspecified atom stereocenters. The maximum absolute atomic E-state index is 10.6. The van der Waals surface area contributed by atoms with Crippen LogP contribution in [0.3, 0.4) is 0 Å². The molecule has 0 aromatic heterocycles. The number of hydrogen-bond donors (Lipinski definition) is 2. The number of carbonyl (C=O) groups is 1. The lowest BCUT2D eigenvalue weighted by Gasteiger charge is -2.16. The van der Waals surface area contributed by atoms with Gasteiger partial charge in [-0.2, -0.15) is 5.10 Å². The minimum absolute atomic E-state index is 0.627. The van der Waals surface area contributed by atoms with Crippen LogP contribution in [0.2, 0.25) is 0 Å². The number of rotatable bonds is 1. The fourth-order valence-corrected chi connectivity index (χ4v) is 2.49. The van der Waals surface area contributed by atoms with Gasteiger partial charge in [-0.05, 0) is 6.07 Å². The van der Waals surface area contributed by atoms with E-state index in [1.807, 2.05) is 18.2 Å². The molecule has 4 nitrogen and oxygen atoms in total. The summed E-state index contributed by atoms with van der Waals surface area (Å²) in [5.74, 6) is 0.982. The van der Waals surface area contributed by atoms with E-state index in [1.165, 1.54) is 4.90 Å². The molecule has 0 atom stereocenters. The highest BCUT2D eigenvalue weighted by molar-refractivity contribution is 7.99. The fraction of sp³-hybridized carbons (Fsp3) is 0.200. The fourth-order valence-electron chi connectivity index (χ4n) is 1.46. The van der Waals surface area contributed by atoms with Crippen LogP contribution in [0.5, 0.6) is 0 Å². The molecule has 3 N–H and O–H groups in total. The summed E-state index contributed by atoms with van der Waals surface area (Å²) < 4.78 is 0. The average molecular weight is 221 g/mol. The van der Waals surface area contributed by atoms with Crippen LogP contribution in [-0.4, -0.2) is 17.5 Å². The Labute approximate surface area is 91.9 Å². The highest BCUT2D eigenvalue weighted by Crippen LogP contribution is 2.29. The first-order chi connectivity index (χ1) is 7.27. The Bertz CT molecular complexity index is 417. The molecule has 15 heavy (non-hydrogen) atoms. The number of amides is 2. The summed E-state index contributed by atoms with van der Waals surface area (Å²) in [5, 5.41) is 4.00. The minimum atomic E-state index is -0.627. The van der Waals surface area contributed by atoms with Gasteiger partial charge in [-0.1, -0.05) is 18.2 Å². The Morgan fingerprint density at radius 3 is 3.07 bits per heavy atom. The molecular formula is C10H11N3OS. The molecule has 0 saturated heterocycles. The molecule has 5 heteroatoms. The van der Waals surface area contributed by atoms with Gasteiger partial charge in [0, 0.05) is 22.6 Å². The summed E-state index contributed by atoms with van der Waals surface area (Å²) in [6.45, 7) is 0. The minimum Gasteiger partial charge on any atom is -0.350 e. The van der Waals surface area contributed by atoms with Crippen molar-refractivity contribution in [2.75, 3.05) is 5.75 Å². The number of hydrazone groups is 1. The molecule has 78 valence electrons. The monoisotopic (exact) mass is 221 g/mol. The van der Waals surface area contributed by atoms with E-state index in [-0.39, 0.29) is 0 Å². The molecule has 2 amide bonds. The molecule has 1 aromatic rings. The molecule has 0 spiro atoms. The number of urea groups is 1. The largest absolute Gasteiger partial charge is 0.350 e. The molecule has 0 saturated carbocycles. The third-order valence-corrected chi connectivity index (χ3v) is 3.17. The predicted molar refractivity (Wildman–Crippen MR) is 61.0 cm³/mol. The van der Waals surface area contributed by atoms with Crippen LogP contribution >= 0.6 is 11.8 Å². The van der Waals surface area contributed by atoms with Crippen molar-refractivity contribution >= 4 is 23.5 Å². The molecule has 1 heterocycles. The maximum Gasteiger partial charge on any atom is 0.332 e. The molecule has 0 aliphatic carbocycles. The lowest BCUT2D eigenvalue weighted by atomic mass is 10.1. The number of nitrogens with zero attached hydrogens (tertiary/aromatic N) is 1. The van der Waals surface area contributed by atoms with E-state index in [1.54, 1.807) is 11.8 Å². The van der Waals surface area contributed by atoms with E-state index in [0.717, 1.165) is 23.4 Å². The zero-order valence-electron chi connectivity index (χ0n) is 8.06. The Morgan fingerprint density at radius 2 is 2.27 bits per heavy atom. The SMILES string of the molecule is NC(=O)N/N=C1/CCSc2ccccc21. The van der Waals surface area contributed by atoms with Gasteiger partial charge in [0.1, 0.15) is 0 Å². The Balaban J connectivity index is 2.29. The summed E-state index contributed by atoms with van der Waals surface area (Å²) >= 11 is 1.80. The van der Waals surface area contributed by atoms with Crippen molar-refractivity contribution in [3.8, 4) is 0 Å². The van der Waals surface area contributed by atoms with Gasteiger partial charge in [-0.25, -0.2) is 10.2 Å². The highest BCUT2D eigenvalue weighted by Gasteiger charge is 2.15. The number of hydrogen-bond acceptors (Lipinski definition) is 3. The Kier molecular flexibility index (Phi) is 2.91. The Morgan fingerprint density at radius 1 is 1.47 bits per heavy atom. The molecular weight excluding hydrogens is 210 g/mol. The van der Waals surface area contributed by atoms with Crippen LogP contribution in [-0.2, 0) is 0 Å². The van der Waals surface area contributed by atoms with Gasteiger partial charge in [0.2, 0.25) is 0 Å². The van der Waals surface area contributed by atoms with Gasteiger partial charge < -0.3 is 5.73 Å². The van der Waals surface area contributed by atoms with E-state index < -0.39 is 6.03 Å². The smallest absolute Gasteiger partial charge is 0.332 e. The van der Waals surface area contributed by atoms with Gasteiger partial charge in [0.15, 0.2) is 0 Å². The first kappa shape index (κ1) is 10.0. The zero-order valence-corrected chi connectivity index (χ0v) is 8.88. The van der Waals surface area contributed by atoms with Crippen molar-refractivity contribution in [2.24, 2.45) is 10.8 Å². The second-order valence-electron chi connectivity index (χ2n) is 3.13. The quantitative estimate of drug-likeness (QED) is 0.706. The van der Waals surface area contributed by atoms with Gasteiger partial charge in [-0.3, -0.25) is 0 Å². The van der Waals surface area contributed by atoms with Gasteiger partial charge in [0.25, 0.3) is 0 Å². The van der Waals surface area contributed by atoms with Gasteiger partial charge in [-0.15, -0.1) is 11.8 Å². The van der Waals surface area contributed by atoms with E-state index in [0.29, 0.717) is 0 Å². The van der Waals surface area contributed by atoms with Crippen molar-refractivity contribution in [3.05, 3.63) is 29.8 Å². The third-order valence-electron chi connectivity index (χ3n) is 2.10. The first-order valence-electron chi connectivity index (χ1n) is 4.61. The lowest BCUT2D eigenvalue weighted by Crippen LogP contribution is -2.26. The second kappa shape index (κ2) is 4.35. The van der Waals surface area contributed by atoms with Crippen LogP contribution < -0.4 is 11.2 Å².